The Balaban J connectivity index is 1.36. The second-order valence-electron chi connectivity index (χ2n) is 35.9. The number of phenolic OH excluding ortho intramolecular Hbond substituents is 1. The average molecular weight is 1990 g/mol. The molecule has 0 unspecified atom stereocenters. The van der Waals surface area contributed by atoms with Crippen molar-refractivity contribution in [3.05, 3.63) is 162 Å². The second kappa shape index (κ2) is 55.5. The van der Waals surface area contributed by atoms with Gasteiger partial charge in [0.2, 0.25) is 100 Å². The number of nitrogens with zero attached hydrogens (tertiary/aromatic N) is 1. The smallest absolute Gasteiger partial charge is 0.305 e. The number of H-pyrrole nitrogens is 1. The minimum absolute atomic E-state index is 0.0124. The molecule has 1 saturated heterocycles. The average Bonchev–Trinajstić information content (AvgIpc) is 1.75. The van der Waals surface area contributed by atoms with Crippen molar-refractivity contribution in [1.29, 1.82) is 10.8 Å². The van der Waals surface area contributed by atoms with Gasteiger partial charge in [0.05, 0.1) is 24.7 Å². The number of amides is 17. The van der Waals surface area contributed by atoms with Crippen molar-refractivity contribution < 1.29 is 102 Å². The second-order valence-corrected chi connectivity index (χ2v) is 36.9. The summed E-state index contributed by atoms with van der Waals surface area (Å²) >= 11 is 0.603. The van der Waals surface area contributed by atoms with Crippen LogP contribution in [0.5, 0.6) is 5.75 Å². The number of rotatable bonds is 29. The van der Waals surface area contributed by atoms with Crippen LogP contribution >= 0.6 is 11.8 Å². The number of phenols is 1. The highest BCUT2D eigenvalue weighted by Gasteiger charge is 2.42. The molecule has 142 heavy (non-hydrogen) atoms. The van der Waals surface area contributed by atoms with E-state index in [-0.39, 0.29) is 75.3 Å². The van der Waals surface area contributed by atoms with Gasteiger partial charge in [-0.2, -0.15) is 0 Å². The molecule has 0 aliphatic carbocycles. The molecule has 1 aliphatic rings. The number of aromatic nitrogens is 1. The first-order chi connectivity index (χ1) is 67.2. The van der Waals surface area contributed by atoms with Crippen LogP contribution in [-0.2, 0) is 112 Å². The van der Waals surface area contributed by atoms with Gasteiger partial charge in [-0.25, -0.2) is 0 Å². The lowest BCUT2D eigenvalue weighted by Gasteiger charge is -2.32. The molecule has 30 N–H and O–H groups in total. The predicted octanol–water partition coefficient (Wildman–Crippen LogP) is -2.69. The van der Waals surface area contributed by atoms with Crippen LogP contribution in [0.15, 0.2) is 140 Å². The molecular weight excluding hydrogens is 1860 g/mol. The van der Waals surface area contributed by atoms with Crippen molar-refractivity contribution in [2.75, 3.05) is 31.6 Å². The monoisotopic (exact) mass is 1990 g/mol. The largest absolute Gasteiger partial charge is 0.508 e. The number of benzene rings is 5. The van der Waals surface area contributed by atoms with Gasteiger partial charge in [-0.1, -0.05) is 157 Å². The highest BCUT2D eigenvalue weighted by molar-refractivity contribution is 8.00. The molecule has 45 nitrogen and oxygen atoms in total. The molecule has 5 aromatic carbocycles. The maximum atomic E-state index is 15.5. The van der Waals surface area contributed by atoms with Crippen LogP contribution in [0.4, 0.5) is 0 Å². The quantitative estimate of drug-likeness (QED) is 0.0129. The van der Waals surface area contributed by atoms with Gasteiger partial charge < -0.3 is 133 Å². The molecule has 1 aliphatic heterocycles. The number of hydrogen-bond donors (Lipinski definition) is 26. The molecule has 2 heterocycles. The van der Waals surface area contributed by atoms with E-state index in [4.69, 9.17) is 33.8 Å². The van der Waals surface area contributed by atoms with E-state index in [2.05, 4.69) is 90.1 Å². The lowest BCUT2D eigenvalue weighted by molar-refractivity contribution is -0.142. The fourth-order valence-electron chi connectivity index (χ4n) is 15.3. The third-order valence-electron chi connectivity index (χ3n) is 23.1. The van der Waals surface area contributed by atoms with Gasteiger partial charge in [0.1, 0.15) is 96.4 Å². The summed E-state index contributed by atoms with van der Waals surface area (Å²) in [5.74, 6) is -24.7. The summed E-state index contributed by atoms with van der Waals surface area (Å²) in [6, 6.07) is 11.0. The molecule has 17 amide bonds. The Kier molecular flexibility index (Phi) is 44.5. The number of hydrogen-bond acceptors (Lipinski definition) is 23. The first-order valence-corrected chi connectivity index (χ1v) is 47.6. The molecule has 1 aromatic heterocycles. The number of primary amides is 2. The minimum atomic E-state index is -2.14. The van der Waals surface area contributed by atoms with Crippen molar-refractivity contribution >= 4 is 141 Å². The Bertz CT molecular complexity index is 5440. The molecule has 0 radical (unpaired) electrons. The van der Waals surface area contributed by atoms with Gasteiger partial charge in [0.15, 0.2) is 11.9 Å². The Morgan fingerprint density at radius 2 is 0.887 bits per heavy atom. The normalized spacial score (nSPS) is 22.9. The van der Waals surface area contributed by atoms with E-state index in [1.165, 1.54) is 65.2 Å². The van der Waals surface area contributed by atoms with E-state index in [1.807, 2.05) is 30.3 Å². The molecule has 0 bridgehead atoms. The third kappa shape index (κ3) is 36.5. The van der Waals surface area contributed by atoms with Crippen LogP contribution in [0.1, 0.15) is 130 Å². The van der Waals surface area contributed by atoms with Gasteiger partial charge in [-0.3, -0.25) is 97.1 Å². The molecule has 1 fully saturated rings. The number of carboxylic acid groups (broad SMARTS) is 1. The topological polar surface area (TPSA) is 731 Å². The number of carboxylic acids is 1. The Morgan fingerprint density at radius 3 is 1.41 bits per heavy atom. The third-order valence-corrected chi connectivity index (χ3v) is 24.2. The standard InChI is InChI=1S/C96H132N24O21S/c1-49(2)39-66-87(134)118-78(51(5)6)92(139)119-79(54(9)121)93(140)116-72(89(136)106-52(7)80(98)127)47-142-48-75(124)108-70(44-74(97)123)85(132)112-67(41-57-31-35-61(122)36-32-57)84(131)114-71(45-76(125)126)86(133)113-69(43-60-46-105-63-26-18-17-25-62(60)63)88(135)117-77(50(3)4)91(138)115-68(40-56-29-33-59(34-30-56)58-23-15-12-16-24-58)83(130)109-64(27-19-37-103-95(99)100)81(128)107-53(8)94(141)120(10)73(42-55-21-13-11-14-22-55)90(137)110-65(82(129)111-66)28-20-38-104-96(101)102/h11-18,21-26,29-36,46,49-54,64-73,77-79,105,121-122H,19-20,27-28,37-45,47-48H2,1-10H3,(H2,97,123)(H2,98,127)(H,106,136)(H,107,128)(H,108,124)(H,109,130)(H,110,137)(H,111,129)(H,112,132)(H,113,133)(H,114,131)(H,115,138)(H,116,140)(H,117,135)(H,118,134)(H,119,139)(H,125,126)(H4,99,100,103)(H4,101,102,104)/t52-,53+,54+,64-,65-,66-,67-,68-,69-,70-,71-,72-,73-,77-,78-,79-/m0/s1. The van der Waals surface area contributed by atoms with Crippen molar-refractivity contribution in [2.45, 2.75) is 230 Å². The van der Waals surface area contributed by atoms with Crippen LogP contribution < -0.4 is 108 Å². The first kappa shape index (κ1) is 114. The van der Waals surface area contributed by atoms with Gasteiger partial charge in [-0.05, 0) is 122 Å². The van der Waals surface area contributed by atoms with E-state index < -0.39 is 264 Å². The first-order valence-electron chi connectivity index (χ1n) is 46.4. The number of para-hydroxylation sites is 1. The predicted molar refractivity (Wildman–Crippen MR) is 526 cm³/mol. The summed E-state index contributed by atoms with van der Waals surface area (Å²) in [7, 11) is 1.27. The number of aliphatic hydroxyl groups is 1. The fourth-order valence-corrected chi connectivity index (χ4v) is 16.2. The SMILES string of the molecule is CC(C)C[C@@H]1NC(=O)[C@H](CCCNC(=N)N)NC(=O)[C@H](Cc2ccccc2)N(C)C(=O)[C@@H](C)NC(=O)[C@H](CCCNC(=N)N)NC(=O)[C@H](Cc2ccc(-c3ccccc3)cc2)NC(=O)[C@H](C(C)C)NC(=O)[C@H](Cc2c[nH]c3ccccc23)NC(=O)[C@H](CC(=O)O)NC(=O)[C@H](Cc2ccc(O)cc2)NC(=O)[C@H](CC(N)=O)NC(=O)CSC[C@@H](C(=O)N[C@@H](C)C(N)=O)NC(=O)[C@H]([C@@H](C)O)NC(=O)[C@H](C(C)C)NC1=O. The highest BCUT2D eigenvalue weighted by atomic mass is 32.2. The summed E-state index contributed by atoms with van der Waals surface area (Å²) in [6.45, 7) is 13.1. The van der Waals surface area contributed by atoms with Gasteiger partial charge >= 0.3 is 5.97 Å². The van der Waals surface area contributed by atoms with Crippen LogP contribution in [0, 0.1) is 28.6 Å². The van der Waals surface area contributed by atoms with Crippen LogP contribution in [0.3, 0.4) is 0 Å². The molecule has 7 rings (SSSR count). The maximum absolute atomic E-state index is 15.5. The van der Waals surface area contributed by atoms with E-state index >= 15 is 43.2 Å². The molecule has 768 valence electrons. The summed E-state index contributed by atoms with van der Waals surface area (Å²) in [4.78, 5) is 266. The zero-order chi connectivity index (χ0) is 105. The number of aromatic hydroxyl groups is 1. The molecular formula is C96H132N24O21S. The lowest BCUT2D eigenvalue weighted by Crippen LogP contribution is -2.63. The lowest BCUT2D eigenvalue weighted by atomic mass is 9.98. The Morgan fingerprint density at radius 1 is 0.465 bits per heavy atom. The van der Waals surface area contributed by atoms with Crippen molar-refractivity contribution in [1.82, 2.24) is 95.0 Å². The summed E-state index contributed by atoms with van der Waals surface area (Å²) in [5.41, 5.74) is 26.2. The molecule has 16 atom stereocenters. The van der Waals surface area contributed by atoms with Crippen molar-refractivity contribution in [3.63, 3.8) is 0 Å². The van der Waals surface area contributed by atoms with E-state index in [0.29, 0.717) is 39.4 Å². The number of aliphatic hydroxyl groups excluding tert-OH is 1. The van der Waals surface area contributed by atoms with Crippen molar-refractivity contribution in [2.24, 2.45) is 40.7 Å². The molecule has 0 saturated carbocycles. The number of carbonyl (C=O) groups is 18. The van der Waals surface area contributed by atoms with E-state index in [0.717, 1.165) is 23.0 Å². The summed E-state index contributed by atoms with van der Waals surface area (Å²) in [6.07, 6.45) is -4.45. The van der Waals surface area contributed by atoms with Crippen LogP contribution in [-0.4, -0.2) is 272 Å². The Hall–Kier alpha value is -15.2. The maximum Gasteiger partial charge on any atom is 0.305 e. The highest BCUT2D eigenvalue weighted by Crippen LogP contribution is 2.24. The number of likely N-dealkylation sites (N-methyl/N-ethyl adjacent to an activating group) is 1. The van der Waals surface area contributed by atoms with Crippen molar-refractivity contribution in [3.8, 4) is 16.9 Å². The molecule has 6 aromatic rings. The fraction of sp³-hybridized carbons (Fsp3) is 0.458. The zero-order valence-corrected chi connectivity index (χ0v) is 81.5. The number of carbonyl (C=O) groups excluding carboxylic acids is 17. The Labute approximate surface area is 825 Å². The summed E-state index contributed by atoms with van der Waals surface area (Å²) < 4.78 is 0. The van der Waals surface area contributed by atoms with Crippen LogP contribution in [0.25, 0.3) is 22.0 Å². The van der Waals surface area contributed by atoms with Crippen LogP contribution in [0.2, 0.25) is 0 Å². The van der Waals surface area contributed by atoms with Gasteiger partial charge in [0, 0.05) is 68.7 Å². The van der Waals surface area contributed by atoms with Gasteiger partial charge in [-0.15, -0.1) is 11.8 Å². The minimum Gasteiger partial charge on any atom is -0.508 e. The number of nitrogens with one attached hydrogen (secondary N) is 19. The molecule has 0 spiro atoms. The zero-order valence-electron chi connectivity index (χ0n) is 80.7. The number of fused-ring (bicyclic) bond motifs is 1. The summed E-state index contributed by atoms with van der Waals surface area (Å²) in [5, 5.41) is 89.3. The van der Waals surface area contributed by atoms with E-state index in [9.17, 15) is 58.5 Å². The number of thioether (sulfide) groups is 1. The van der Waals surface area contributed by atoms with E-state index in [1.54, 1.807) is 107 Å². The number of aromatic amines is 1. The number of guanidine groups is 2. The number of nitrogens with two attached hydrogens (primary N) is 4. The van der Waals surface area contributed by atoms with Gasteiger partial charge in [0.25, 0.3) is 0 Å². The number of aliphatic carboxylic acids is 1. The molecule has 46 heteroatoms.